The Morgan fingerprint density at radius 1 is 1.04 bits per heavy atom. The summed E-state index contributed by atoms with van der Waals surface area (Å²) in [5.74, 6) is -0.995. The van der Waals surface area contributed by atoms with Crippen molar-refractivity contribution in [3.63, 3.8) is 0 Å². The molecule has 2 aromatic rings. The predicted octanol–water partition coefficient (Wildman–Crippen LogP) is 1.38. The van der Waals surface area contributed by atoms with E-state index in [9.17, 15) is 14.4 Å². The Balaban J connectivity index is 2.17. The number of carbonyl (C=O) groups is 3. The summed E-state index contributed by atoms with van der Waals surface area (Å²) in [5.41, 5.74) is 6.00. The molecule has 7 nitrogen and oxygen atoms in total. The summed E-state index contributed by atoms with van der Waals surface area (Å²) in [5, 5.41) is 5.33. The quantitative estimate of drug-likeness (QED) is 0.578. The van der Waals surface area contributed by atoms with E-state index in [0.29, 0.717) is 26.2 Å². The topological polar surface area (TPSA) is 106 Å². The second-order valence-corrected chi connectivity index (χ2v) is 6.68. The first-order chi connectivity index (χ1) is 12.8. The van der Waals surface area contributed by atoms with Crippen molar-refractivity contribution in [1.82, 2.24) is 5.32 Å². The zero-order chi connectivity index (χ0) is 20.0. The van der Waals surface area contributed by atoms with Crippen LogP contribution >= 0.6 is 23.2 Å². The lowest BCUT2D eigenvalue weighted by atomic mass is 10.0. The average molecular weight is 410 g/mol. The number of nitrogens with one attached hydrogen (secondary N) is 3. The lowest BCUT2D eigenvalue weighted by Gasteiger charge is -2.23. The number of quaternary nitrogens is 1. The van der Waals surface area contributed by atoms with Crippen LogP contribution in [-0.2, 0) is 9.59 Å². The Morgan fingerprint density at radius 3 is 2.19 bits per heavy atom. The van der Waals surface area contributed by atoms with Gasteiger partial charge in [0.1, 0.15) is 0 Å². The van der Waals surface area contributed by atoms with Gasteiger partial charge in [-0.1, -0.05) is 59.6 Å². The van der Waals surface area contributed by atoms with Crippen molar-refractivity contribution in [2.75, 3.05) is 18.9 Å². The lowest BCUT2D eigenvalue weighted by Crippen LogP contribution is -3.11. The SMILES string of the molecule is C[NH+](CC(=O)Nc1c(Cl)cccc1Cl)[C@@H](C(=O)NC(N)=O)c1ccccc1. The van der Waals surface area contributed by atoms with Crippen molar-refractivity contribution in [1.29, 1.82) is 0 Å². The van der Waals surface area contributed by atoms with E-state index in [1.165, 1.54) is 0 Å². The fourth-order valence-electron chi connectivity index (χ4n) is 2.65. The first-order valence-electron chi connectivity index (χ1n) is 8.01. The number of likely N-dealkylation sites (N-methyl/N-ethyl adjacent to an activating group) is 1. The molecule has 0 spiro atoms. The largest absolute Gasteiger partial charge is 0.351 e. The molecule has 2 aromatic carbocycles. The molecule has 0 aliphatic carbocycles. The second-order valence-electron chi connectivity index (χ2n) is 5.87. The summed E-state index contributed by atoms with van der Waals surface area (Å²) in [4.78, 5) is 36.5. The van der Waals surface area contributed by atoms with Crippen molar-refractivity contribution < 1.29 is 19.3 Å². The minimum atomic E-state index is -0.957. The standard InChI is InChI=1S/C18H18Cl2N4O3/c1-24(10-14(25)22-15-12(19)8-5-9-13(15)20)16(17(26)23-18(21)27)11-6-3-2-4-7-11/h2-9,16H,10H2,1H3,(H,22,25)(H3,21,23,26,27)/p+1/t16-/m1/s1. The first kappa shape index (κ1) is 20.7. The molecule has 27 heavy (non-hydrogen) atoms. The highest BCUT2D eigenvalue weighted by molar-refractivity contribution is 6.39. The molecule has 0 aliphatic rings. The van der Waals surface area contributed by atoms with Crippen molar-refractivity contribution in [2.45, 2.75) is 6.04 Å². The van der Waals surface area contributed by atoms with Crippen LogP contribution in [0.4, 0.5) is 10.5 Å². The summed E-state index contributed by atoms with van der Waals surface area (Å²) in [6.45, 7) is -0.0761. The van der Waals surface area contributed by atoms with Crippen LogP contribution in [0.2, 0.25) is 10.0 Å². The third-order valence-electron chi connectivity index (χ3n) is 3.80. The van der Waals surface area contributed by atoms with Gasteiger partial charge < -0.3 is 16.0 Å². The van der Waals surface area contributed by atoms with E-state index in [1.54, 1.807) is 55.6 Å². The molecule has 0 heterocycles. The normalized spacial score (nSPS) is 12.7. The van der Waals surface area contributed by atoms with Crippen LogP contribution < -0.4 is 21.3 Å². The van der Waals surface area contributed by atoms with Gasteiger partial charge in [0, 0.05) is 5.56 Å². The maximum atomic E-state index is 12.4. The maximum absolute atomic E-state index is 12.4. The summed E-state index contributed by atoms with van der Waals surface area (Å²) in [6.07, 6.45) is 0. The van der Waals surface area contributed by atoms with E-state index in [4.69, 9.17) is 28.9 Å². The number of amides is 4. The molecule has 2 atom stereocenters. The number of benzene rings is 2. The first-order valence-corrected chi connectivity index (χ1v) is 8.76. The van der Waals surface area contributed by atoms with Crippen LogP contribution in [0, 0.1) is 0 Å². The van der Waals surface area contributed by atoms with Gasteiger partial charge >= 0.3 is 6.03 Å². The molecule has 9 heteroatoms. The Morgan fingerprint density at radius 2 is 1.63 bits per heavy atom. The molecule has 1 unspecified atom stereocenters. The number of carbonyl (C=O) groups excluding carboxylic acids is 3. The highest BCUT2D eigenvalue weighted by atomic mass is 35.5. The number of nitrogens with two attached hydrogens (primary N) is 1. The van der Waals surface area contributed by atoms with E-state index in [0.717, 1.165) is 0 Å². The predicted molar refractivity (Wildman–Crippen MR) is 104 cm³/mol. The molecule has 0 saturated carbocycles. The molecular weight excluding hydrogens is 391 g/mol. The average Bonchev–Trinajstić information content (AvgIpc) is 2.58. The molecule has 0 bridgehead atoms. The molecule has 0 aromatic heterocycles. The molecule has 2 rings (SSSR count). The zero-order valence-electron chi connectivity index (χ0n) is 14.5. The smallest absolute Gasteiger partial charge is 0.319 e. The summed E-state index contributed by atoms with van der Waals surface area (Å²) >= 11 is 12.1. The monoisotopic (exact) mass is 409 g/mol. The van der Waals surface area contributed by atoms with Gasteiger partial charge in [0.25, 0.3) is 11.8 Å². The molecule has 0 fully saturated rings. The number of rotatable bonds is 6. The van der Waals surface area contributed by atoms with Gasteiger partial charge in [-0.2, -0.15) is 0 Å². The van der Waals surface area contributed by atoms with Gasteiger partial charge in [-0.05, 0) is 12.1 Å². The Labute approximate surface area is 166 Å². The van der Waals surface area contributed by atoms with Crippen molar-refractivity contribution >= 4 is 46.7 Å². The molecule has 4 amide bonds. The van der Waals surface area contributed by atoms with Crippen LogP contribution in [0.1, 0.15) is 11.6 Å². The maximum Gasteiger partial charge on any atom is 0.319 e. The van der Waals surface area contributed by atoms with Gasteiger partial charge in [-0.15, -0.1) is 0 Å². The number of halogens is 2. The van der Waals surface area contributed by atoms with E-state index >= 15 is 0 Å². The number of anilines is 1. The number of urea groups is 1. The van der Waals surface area contributed by atoms with Crippen LogP contribution in [0.15, 0.2) is 48.5 Å². The van der Waals surface area contributed by atoms with Gasteiger partial charge in [-0.3, -0.25) is 14.9 Å². The molecular formula is C18H19Cl2N4O3+. The summed E-state index contributed by atoms with van der Waals surface area (Å²) in [6, 6.07) is 11.9. The Bertz CT molecular complexity index is 826. The fourth-order valence-corrected chi connectivity index (χ4v) is 3.15. The molecule has 0 saturated heterocycles. The number of para-hydroxylation sites is 1. The number of imide groups is 1. The van der Waals surface area contributed by atoms with Crippen LogP contribution in [-0.4, -0.2) is 31.4 Å². The summed E-state index contributed by atoms with van der Waals surface area (Å²) < 4.78 is 0. The van der Waals surface area contributed by atoms with Crippen LogP contribution in [0.5, 0.6) is 0 Å². The highest BCUT2D eigenvalue weighted by Gasteiger charge is 2.31. The van der Waals surface area contributed by atoms with Gasteiger partial charge in [-0.25, -0.2) is 4.79 Å². The van der Waals surface area contributed by atoms with E-state index in [1.807, 2.05) is 0 Å². The lowest BCUT2D eigenvalue weighted by molar-refractivity contribution is -0.894. The molecule has 142 valence electrons. The van der Waals surface area contributed by atoms with Crippen molar-refractivity contribution in [3.05, 3.63) is 64.1 Å². The minimum Gasteiger partial charge on any atom is -0.351 e. The van der Waals surface area contributed by atoms with Gasteiger partial charge in [0.15, 0.2) is 12.6 Å². The summed E-state index contributed by atoms with van der Waals surface area (Å²) in [7, 11) is 1.66. The second kappa shape index (κ2) is 9.36. The van der Waals surface area contributed by atoms with E-state index < -0.39 is 23.9 Å². The van der Waals surface area contributed by atoms with Gasteiger partial charge in [0.2, 0.25) is 0 Å². The molecule has 0 aliphatic heterocycles. The van der Waals surface area contributed by atoms with Crippen LogP contribution in [0.3, 0.4) is 0 Å². The van der Waals surface area contributed by atoms with Crippen molar-refractivity contribution in [3.8, 4) is 0 Å². The molecule has 5 N–H and O–H groups in total. The van der Waals surface area contributed by atoms with Crippen LogP contribution in [0.25, 0.3) is 0 Å². The number of hydrogen-bond donors (Lipinski definition) is 4. The third kappa shape index (κ3) is 5.68. The Hall–Kier alpha value is -2.61. The van der Waals surface area contributed by atoms with E-state index in [2.05, 4.69) is 10.6 Å². The highest BCUT2D eigenvalue weighted by Crippen LogP contribution is 2.29. The van der Waals surface area contributed by atoms with E-state index in [-0.39, 0.29) is 6.54 Å². The van der Waals surface area contributed by atoms with Gasteiger partial charge in [0.05, 0.1) is 22.8 Å². The fraction of sp³-hybridized carbons (Fsp3) is 0.167. The molecule has 0 radical (unpaired) electrons. The minimum absolute atomic E-state index is 0.0761. The number of hydrogen-bond acceptors (Lipinski definition) is 3. The Kier molecular flexibility index (Phi) is 7.18. The third-order valence-corrected chi connectivity index (χ3v) is 4.43. The zero-order valence-corrected chi connectivity index (χ0v) is 16.0. The van der Waals surface area contributed by atoms with Crippen molar-refractivity contribution in [2.24, 2.45) is 5.73 Å². The number of primary amides is 1.